The number of nitrogens with zero attached hydrogens (tertiary/aromatic N) is 2. The van der Waals surface area contributed by atoms with E-state index in [4.69, 9.17) is 14.2 Å². The van der Waals surface area contributed by atoms with Gasteiger partial charge in [0.25, 0.3) is 10.0 Å². The summed E-state index contributed by atoms with van der Waals surface area (Å²) in [7, 11) is -2.84. The van der Waals surface area contributed by atoms with E-state index in [1.54, 1.807) is 31.2 Å². The molecule has 1 heterocycles. The molecule has 1 saturated carbocycles. The molecule has 240 valence electrons. The zero-order valence-corrected chi connectivity index (χ0v) is 26.2. The fourth-order valence-electron chi connectivity index (χ4n) is 5.57. The highest BCUT2D eigenvalue weighted by molar-refractivity contribution is 7.92. The molecule has 1 atom stereocenters. The van der Waals surface area contributed by atoms with Crippen molar-refractivity contribution in [2.45, 2.75) is 62.6 Å². The summed E-state index contributed by atoms with van der Waals surface area (Å²) in [6.45, 7) is 1.61. The van der Waals surface area contributed by atoms with E-state index < -0.39 is 34.3 Å². The molecule has 3 aromatic rings. The number of hydrogen-bond acceptors (Lipinski definition) is 7. The minimum Gasteiger partial charge on any atom is -0.497 e. The van der Waals surface area contributed by atoms with Crippen LogP contribution in [0.4, 0.5) is 10.1 Å². The molecule has 1 aliphatic carbocycles. The van der Waals surface area contributed by atoms with Crippen LogP contribution >= 0.6 is 0 Å². The van der Waals surface area contributed by atoms with Crippen LogP contribution in [-0.2, 0) is 26.2 Å². The number of carbonyl (C=O) groups is 2. The highest BCUT2D eigenvalue weighted by Gasteiger charge is 2.34. The lowest BCUT2D eigenvalue weighted by molar-refractivity contribution is -0.139. The Kier molecular flexibility index (Phi) is 10.1. The molecule has 1 N–H and O–H groups in total. The van der Waals surface area contributed by atoms with Gasteiger partial charge in [-0.2, -0.15) is 0 Å². The molecule has 45 heavy (non-hydrogen) atoms. The van der Waals surface area contributed by atoms with E-state index in [0.717, 1.165) is 48.5 Å². The summed E-state index contributed by atoms with van der Waals surface area (Å²) >= 11 is 0. The van der Waals surface area contributed by atoms with Gasteiger partial charge in [-0.25, -0.2) is 12.8 Å². The van der Waals surface area contributed by atoms with Crippen LogP contribution in [-0.4, -0.2) is 64.1 Å². The van der Waals surface area contributed by atoms with Crippen molar-refractivity contribution >= 4 is 27.5 Å². The quantitative estimate of drug-likeness (QED) is 0.325. The van der Waals surface area contributed by atoms with Gasteiger partial charge in [0.2, 0.25) is 11.8 Å². The number of ether oxygens (including phenoxy) is 3. The third kappa shape index (κ3) is 7.67. The van der Waals surface area contributed by atoms with Crippen molar-refractivity contribution < 1.29 is 36.6 Å². The largest absolute Gasteiger partial charge is 0.497 e. The minimum absolute atomic E-state index is 0.0220. The zero-order chi connectivity index (χ0) is 32.0. The van der Waals surface area contributed by atoms with E-state index >= 15 is 0 Å². The van der Waals surface area contributed by atoms with Crippen molar-refractivity contribution in [1.29, 1.82) is 0 Å². The number of anilines is 1. The monoisotopic (exact) mass is 639 g/mol. The highest BCUT2D eigenvalue weighted by atomic mass is 32.2. The molecular formula is C33H38FN3O7S. The van der Waals surface area contributed by atoms with Crippen molar-refractivity contribution in [2.75, 3.05) is 31.2 Å². The number of amides is 2. The van der Waals surface area contributed by atoms with Crippen LogP contribution in [0.1, 0.15) is 44.6 Å². The first-order chi connectivity index (χ1) is 21.7. The highest BCUT2D eigenvalue weighted by Crippen LogP contribution is 2.34. The normalized spacial score (nSPS) is 15.5. The number of halogens is 1. The lowest BCUT2D eigenvalue weighted by Gasteiger charge is -2.33. The van der Waals surface area contributed by atoms with Crippen molar-refractivity contribution in [1.82, 2.24) is 10.2 Å². The number of fused-ring (bicyclic) bond motifs is 1. The number of benzene rings is 3. The Labute approximate surface area is 263 Å². The summed E-state index contributed by atoms with van der Waals surface area (Å²) in [5.74, 6) is -0.245. The summed E-state index contributed by atoms with van der Waals surface area (Å²) in [4.78, 5) is 28.9. The number of rotatable bonds is 11. The second-order valence-electron chi connectivity index (χ2n) is 11.2. The molecule has 0 saturated heterocycles. The number of nitrogens with one attached hydrogen (secondary N) is 1. The predicted molar refractivity (Wildman–Crippen MR) is 166 cm³/mol. The number of methoxy groups -OCH3 is 1. The van der Waals surface area contributed by atoms with E-state index in [2.05, 4.69) is 5.32 Å². The minimum atomic E-state index is -4.37. The Morgan fingerprint density at radius 1 is 0.978 bits per heavy atom. The summed E-state index contributed by atoms with van der Waals surface area (Å²) in [5.41, 5.74) is 0.781. The van der Waals surface area contributed by atoms with Gasteiger partial charge in [0, 0.05) is 18.7 Å². The van der Waals surface area contributed by atoms with Gasteiger partial charge in [0.1, 0.15) is 37.4 Å². The third-order valence-corrected chi connectivity index (χ3v) is 9.87. The van der Waals surface area contributed by atoms with Crippen molar-refractivity contribution in [3.8, 4) is 17.2 Å². The van der Waals surface area contributed by atoms with Crippen LogP contribution in [0.3, 0.4) is 0 Å². The van der Waals surface area contributed by atoms with Gasteiger partial charge in [0.05, 0.1) is 17.7 Å². The zero-order valence-electron chi connectivity index (χ0n) is 25.4. The first kappa shape index (κ1) is 32.1. The summed E-state index contributed by atoms with van der Waals surface area (Å²) in [6, 6.07) is 15.3. The number of carbonyl (C=O) groups excluding carboxylic acids is 2. The summed E-state index contributed by atoms with van der Waals surface area (Å²) in [5, 5.41) is 3.08. The molecule has 0 spiro atoms. The molecule has 12 heteroatoms. The fourth-order valence-corrected chi connectivity index (χ4v) is 7.00. The maximum Gasteiger partial charge on any atom is 0.264 e. The van der Waals surface area contributed by atoms with Crippen molar-refractivity contribution in [3.05, 3.63) is 78.1 Å². The van der Waals surface area contributed by atoms with Gasteiger partial charge in [-0.1, -0.05) is 31.4 Å². The molecule has 1 aliphatic heterocycles. The van der Waals surface area contributed by atoms with Gasteiger partial charge in [-0.05, 0) is 73.9 Å². The van der Waals surface area contributed by atoms with Gasteiger partial charge in [-0.3, -0.25) is 13.9 Å². The van der Waals surface area contributed by atoms with Crippen molar-refractivity contribution in [2.24, 2.45) is 0 Å². The molecule has 0 aromatic heterocycles. The lowest BCUT2D eigenvalue weighted by atomic mass is 9.95. The maximum atomic E-state index is 14.2. The first-order valence-electron chi connectivity index (χ1n) is 15.1. The second-order valence-corrected chi connectivity index (χ2v) is 13.0. The maximum absolute atomic E-state index is 14.2. The fraction of sp³-hybridized carbons (Fsp3) is 0.394. The Hall–Kier alpha value is -4.32. The smallest absolute Gasteiger partial charge is 0.264 e. The van der Waals surface area contributed by atoms with Gasteiger partial charge in [0.15, 0.2) is 11.5 Å². The van der Waals surface area contributed by atoms with Gasteiger partial charge >= 0.3 is 0 Å². The molecule has 1 fully saturated rings. The number of sulfonamides is 1. The summed E-state index contributed by atoms with van der Waals surface area (Å²) in [6.07, 6.45) is 4.91. The van der Waals surface area contributed by atoms with E-state index in [1.807, 2.05) is 0 Å². The lowest BCUT2D eigenvalue weighted by Crippen LogP contribution is -2.53. The van der Waals surface area contributed by atoms with Crippen LogP contribution < -0.4 is 23.8 Å². The van der Waals surface area contributed by atoms with Gasteiger partial charge < -0.3 is 24.4 Å². The first-order valence-corrected chi connectivity index (χ1v) is 16.5. The van der Waals surface area contributed by atoms with E-state index in [-0.39, 0.29) is 41.4 Å². The van der Waals surface area contributed by atoms with Crippen molar-refractivity contribution in [3.63, 3.8) is 0 Å². The Balaban J connectivity index is 1.48. The van der Waals surface area contributed by atoms with Crippen LogP contribution in [0.2, 0.25) is 0 Å². The average molecular weight is 640 g/mol. The third-order valence-electron chi connectivity index (χ3n) is 8.10. The summed E-state index contributed by atoms with van der Waals surface area (Å²) < 4.78 is 59.6. The molecule has 3 aromatic carbocycles. The SMILES string of the molecule is COc1cccc(CN(C(=O)CN(c2ccc(F)cc2)S(=O)(=O)c2ccc3c(c2)OCCO3)[C@H](C)C(=O)NC2CCCCC2)c1. The molecule has 2 aliphatic rings. The van der Waals surface area contributed by atoms with E-state index in [0.29, 0.717) is 23.7 Å². The van der Waals surface area contributed by atoms with Gasteiger partial charge in [-0.15, -0.1) is 0 Å². The molecule has 5 rings (SSSR count). The molecule has 0 unspecified atom stereocenters. The predicted octanol–water partition coefficient (Wildman–Crippen LogP) is 4.67. The van der Waals surface area contributed by atoms with Crippen LogP contribution in [0.25, 0.3) is 0 Å². The molecule has 10 nitrogen and oxygen atoms in total. The van der Waals surface area contributed by atoms with E-state index in [9.17, 15) is 22.4 Å². The van der Waals surface area contributed by atoms with Crippen LogP contribution in [0, 0.1) is 5.82 Å². The van der Waals surface area contributed by atoms with E-state index in [1.165, 1.54) is 42.3 Å². The molecule has 0 radical (unpaired) electrons. The van der Waals surface area contributed by atoms with Crippen LogP contribution in [0.15, 0.2) is 71.6 Å². The Bertz CT molecular complexity index is 1610. The topological polar surface area (TPSA) is 114 Å². The molecule has 2 amide bonds. The molecule has 0 bridgehead atoms. The Morgan fingerprint density at radius 3 is 2.40 bits per heavy atom. The molecular weight excluding hydrogens is 601 g/mol. The second kappa shape index (κ2) is 14.2. The average Bonchev–Trinajstić information content (AvgIpc) is 3.06. The standard InChI is InChI=1S/C33H38FN3O7S/c1-23(33(39)35-26-8-4-3-5-9-26)36(21-24-7-6-10-28(19-24)42-2)32(38)22-37(27-13-11-25(34)12-14-27)45(40,41)29-15-16-30-31(20-29)44-18-17-43-30/h6-7,10-16,19-20,23,26H,3-5,8-9,17-18,21-22H2,1-2H3,(H,35,39)/t23-/m1/s1. The van der Waals surface area contributed by atoms with Crippen LogP contribution in [0.5, 0.6) is 17.2 Å². The Morgan fingerprint density at radius 2 is 1.69 bits per heavy atom. The number of hydrogen-bond donors (Lipinski definition) is 1.